The smallest absolute Gasteiger partial charge is 0.252 e. The molecule has 1 aromatic carbocycles. The molecule has 2 aromatic heterocycles. The van der Waals surface area contributed by atoms with Gasteiger partial charge in [0.15, 0.2) is 0 Å². The molecule has 1 amide bonds. The molecule has 0 aliphatic carbocycles. The highest BCUT2D eigenvalue weighted by molar-refractivity contribution is 5.95. The number of nitrogens with two attached hydrogens (primary N) is 1. The number of carbonyl (C=O) groups is 1. The lowest BCUT2D eigenvalue weighted by Gasteiger charge is -2.14. The molecule has 7 nitrogen and oxygen atoms in total. The molecule has 146 valence electrons. The number of ether oxygens (including phenoxy) is 1. The summed E-state index contributed by atoms with van der Waals surface area (Å²) in [5, 5.41) is 17.1. The molecule has 0 aliphatic heterocycles. The van der Waals surface area contributed by atoms with Gasteiger partial charge in [-0.3, -0.25) is 14.9 Å². The van der Waals surface area contributed by atoms with Gasteiger partial charge in [0, 0.05) is 24.4 Å². The van der Waals surface area contributed by atoms with Crippen LogP contribution in [0, 0.1) is 6.92 Å². The number of aromatic amines is 1. The quantitative estimate of drug-likeness (QED) is 0.554. The Hall–Kier alpha value is -3.19. The summed E-state index contributed by atoms with van der Waals surface area (Å²) in [6.07, 6.45) is 5.06. The number of carbonyl (C=O) groups excluding carboxylic acids is 1. The Morgan fingerprint density at radius 2 is 2.11 bits per heavy atom. The van der Waals surface area contributed by atoms with Crippen LogP contribution in [-0.2, 0) is 25.9 Å². The molecule has 3 aromatic rings. The van der Waals surface area contributed by atoms with Crippen LogP contribution in [0.2, 0.25) is 0 Å². The van der Waals surface area contributed by atoms with Crippen LogP contribution in [0.25, 0.3) is 0 Å². The SMILES string of the molecule is COc1c(C)ccc(CCc2n[nH]c(Cc3cccnc3)c2C(N)=O)c1CO. The molecule has 0 fully saturated rings. The number of aryl methyl sites for hydroxylation is 3. The fourth-order valence-electron chi connectivity index (χ4n) is 3.46. The van der Waals surface area contributed by atoms with E-state index in [0.717, 1.165) is 22.3 Å². The standard InChI is InChI=1S/C21H24N4O3/c1-13-5-6-15(16(12-26)20(13)28-2)7-8-17-19(21(22)27)18(25-24-17)10-14-4-3-9-23-11-14/h3-6,9,11,26H,7-8,10,12H2,1-2H3,(H2,22,27)(H,24,25). The Labute approximate surface area is 163 Å². The third-order valence-corrected chi connectivity index (χ3v) is 4.81. The number of hydrogen-bond donors (Lipinski definition) is 3. The second-order valence-corrected chi connectivity index (χ2v) is 6.64. The predicted octanol–water partition coefficient (Wildman–Crippen LogP) is 2.09. The number of methoxy groups -OCH3 is 1. The summed E-state index contributed by atoms with van der Waals surface area (Å²) in [7, 11) is 1.59. The first kappa shape index (κ1) is 19.6. The zero-order chi connectivity index (χ0) is 20.1. The topological polar surface area (TPSA) is 114 Å². The third kappa shape index (κ3) is 4.04. The lowest BCUT2D eigenvalue weighted by molar-refractivity contribution is 0.0998. The molecular weight excluding hydrogens is 356 g/mol. The average Bonchev–Trinajstić information content (AvgIpc) is 3.10. The van der Waals surface area contributed by atoms with E-state index in [4.69, 9.17) is 10.5 Å². The molecule has 0 aliphatic rings. The Morgan fingerprint density at radius 3 is 2.75 bits per heavy atom. The van der Waals surface area contributed by atoms with E-state index in [2.05, 4.69) is 15.2 Å². The lowest BCUT2D eigenvalue weighted by Crippen LogP contribution is -2.15. The van der Waals surface area contributed by atoms with E-state index < -0.39 is 5.91 Å². The Balaban J connectivity index is 1.85. The van der Waals surface area contributed by atoms with Gasteiger partial charge in [-0.05, 0) is 42.5 Å². The number of primary amides is 1. The fourth-order valence-corrected chi connectivity index (χ4v) is 3.46. The maximum Gasteiger partial charge on any atom is 0.252 e. The summed E-state index contributed by atoms with van der Waals surface area (Å²) >= 11 is 0. The number of aliphatic hydroxyl groups excluding tert-OH is 1. The van der Waals surface area contributed by atoms with Gasteiger partial charge in [0.25, 0.3) is 5.91 Å². The maximum absolute atomic E-state index is 12.1. The number of aliphatic hydroxyl groups is 1. The number of amides is 1. The zero-order valence-electron chi connectivity index (χ0n) is 16.0. The predicted molar refractivity (Wildman–Crippen MR) is 105 cm³/mol. The molecule has 2 heterocycles. The highest BCUT2D eigenvalue weighted by Gasteiger charge is 2.19. The number of benzene rings is 1. The van der Waals surface area contributed by atoms with Gasteiger partial charge in [-0.1, -0.05) is 18.2 Å². The largest absolute Gasteiger partial charge is 0.496 e. The molecule has 0 atom stereocenters. The molecule has 0 unspecified atom stereocenters. The Morgan fingerprint density at radius 1 is 1.29 bits per heavy atom. The summed E-state index contributed by atoms with van der Waals surface area (Å²) < 4.78 is 5.43. The van der Waals surface area contributed by atoms with E-state index in [-0.39, 0.29) is 6.61 Å². The zero-order valence-corrected chi connectivity index (χ0v) is 16.0. The first-order valence-corrected chi connectivity index (χ1v) is 9.06. The van der Waals surface area contributed by atoms with Gasteiger partial charge in [-0.25, -0.2) is 0 Å². The van der Waals surface area contributed by atoms with Crippen molar-refractivity contribution in [3.63, 3.8) is 0 Å². The van der Waals surface area contributed by atoms with Gasteiger partial charge in [0.1, 0.15) is 5.75 Å². The van der Waals surface area contributed by atoms with Crippen LogP contribution in [0.5, 0.6) is 5.75 Å². The van der Waals surface area contributed by atoms with Crippen molar-refractivity contribution in [1.29, 1.82) is 0 Å². The first-order valence-electron chi connectivity index (χ1n) is 9.06. The molecule has 0 radical (unpaired) electrons. The van der Waals surface area contributed by atoms with Crippen LogP contribution in [0.1, 0.15) is 44.0 Å². The summed E-state index contributed by atoms with van der Waals surface area (Å²) in [5.41, 5.74) is 11.0. The first-order chi connectivity index (χ1) is 13.5. The van der Waals surface area contributed by atoms with Crippen LogP contribution < -0.4 is 10.5 Å². The van der Waals surface area contributed by atoms with Crippen molar-refractivity contribution in [2.75, 3.05) is 7.11 Å². The number of nitrogens with one attached hydrogen (secondary N) is 1. The van der Waals surface area contributed by atoms with Crippen LogP contribution in [0.4, 0.5) is 0 Å². The van der Waals surface area contributed by atoms with Crippen molar-refractivity contribution < 1.29 is 14.6 Å². The number of rotatable bonds is 8. The second kappa shape index (κ2) is 8.67. The van der Waals surface area contributed by atoms with E-state index in [9.17, 15) is 9.90 Å². The highest BCUT2D eigenvalue weighted by atomic mass is 16.5. The molecule has 28 heavy (non-hydrogen) atoms. The van der Waals surface area contributed by atoms with E-state index >= 15 is 0 Å². The summed E-state index contributed by atoms with van der Waals surface area (Å²) in [5.74, 6) is 0.181. The van der Waals surface area contributed by atoms with Crippen LogP contribution in [0.15, 0.2) is 36.7 Å². The molecule has 0 saturated carbocycles. The monoisotopic (exact) mass is 380 g/mol. The summed E-state index contributed by atoms with van der Waals surface area (Å²) in [6.45, 7) is 1.82. The van der Waals surface area contributed by atoms with Crippen molar-refractivity contribution in [2.24, 2.45) is 5.73 Å². The lowest BCUT2D eigenvalue weighted by atomic mass is 9.97. The van der Waals surface area contributed by atoms with Crippen molar-refractivity contribution in [2.45, 2.75) is 32.8 Å². The van der Waals surface area contributed by atoms with Gasteiger partial charge in [0.2, 0.25) is 0 Å². The molecular formula is C21H24N4O3. The van der Waals surface area contributed by atoms with E-state index in [1.54, 1.807) is 19.5 Å². The molecule has 0 saturated heterocycles. The van der Waals surface area contributed by atoms with Crippen molar-refractivity contribution in [3.8, 4) is 5.75 Å². The fraction of sp³-hybridized carbons (Fsp3) is 0.286. The van der Waals surface area contributed by atoms with E-state index in [1.165, 1.54) is 0 Å². The van der Waals surface area contributed by atoms with Gasteiger partial charge in [0.05, 0.1) is 30.7 Å². The van der Waals surface area contributed by atoms with Gasteiger partial charge < -0.3 is 15.6 Å². The Bertz CT molecular complexity index is 967. The van der Waals surface area contributed by atoms with Crippen LogP contribution in [0.3, 0.4) is 0 Å². The molecule has 3 rings (SSSR count). The van der Waals surface area contributed by atoms with Gasteiger partial charge >= 0.3 is 0 Å². The minimum Gasteiger partial charge on any atom is -0.496 e. The number of aromatic nitrogens is 3. The third-order valence-electron chi connectivity index (χ3n) is 4.81. The second-order valence-electron chi connectivity index (χ2n) is 6.64. The minimum atomic E-state index is -0.508. The number of nitrogens with zero attached hydrogens (tertiary/aromatic N) is 2. The average molecular weight is 380 g/mol. The van der Waals surface area contributed by atoms with Crippen LogP contribution >= 0.6 is 0 Å². The normalized spacial score (nSPS) is 10.8. The highest BCUT2D eigenvalue weighted by Crippen LogP contribution is 2.28. The summed E-state index contributed by atoms with van der Waals surface area (Å²) in [6, 6.07) is 7.71. The van der Waals surface area contributed by atoms with Crippen LogP contribution in [-0.4, -0.2) is 33.3 Å². The molecule has 0 spiro atoms. The van der Waals surface area contributed by atoms with Crippen molar-refractivity contribution in [1.82, 2.24) is 15.2 Å². The van der Waals surface area contributed by atoms with Crippen molar-refractivity contribution in [3.05, 3.63) is 75.9 Å². The van der Waals surface area contributed by atoms with Gasteiger partial charge in [-0.2, -0.15) is 5.10 Å². The number of H-pyrrole nitrogens is 1. The molecule has 7 heteroatoms. The summed E-state index contributed by atoms with van der Waals surface area (Å²) in [4.78, 5) is 16.2. The number of hydrogen-bond acceptors (Lipinski definition) is 5. The van der Waals surface area contributed by atoms with E-state index in [0.29, 0.717) is 42.0 Å². The molecule has 0 bridgehead atoms. The van der Waals surface area contributed by atoms with Gasteiger partial charge in [-0.15, -0.1) is 0 Å². The minimum absolute atomic E-state index is 0.115. The van der Waals surface area contributed by atoms with Crippen molar-refractivity contribution >= 4 is 5.91 Å². The van der Waals surface area contributed by atoms with E-state index in [1.807, 2.05) is 31.2 Å². The molecule has 4 N–H and O–H groups in total. The Kier molecular flexibility index (Phi) is 6.06. The maximum atomic E-state index is 12.1. The number of pyridine rings is 1.